The third-order valence-corrected chi connectivity index (χ3v) is 7.33. The van der Waals surface area contributed by atoms with Crippen LogP contribution in [0.5, 0.6) is 0 Å². The monoisotopic (exact) mass is 246 g/mol. The molecule has 0 aromatic carbocycles. The van der Waals surface area contributed by atoms with Gasteiger partial charge in [-0.15, -0.1) is 0 Å². The fourth-order valence-electron chi connectivity index (χ4n) is 6.62. The molecule has 0 N–H and O–H groups in total. The highest BCUT2D eigenvalue weighted by Gasteiger charge is 2.47. The summed E-state index contributed by atoms with van der Waals surface area (Å²) in [6, 6.07) is 0. The molecule has 4 saturated carbocycles. The Morgan fingerprint density at radius 3 is 1.28 bits per heavy atom. The molecule has 0 aromatic rings. The molecule has 4 aliphatic rings. The molecule has 0 saturated heterocycles. The van der Waals surface area contributed by atoms with Crippen LogP contribution < -0.4 is 0 Å². The van der Waals surface area contributed by atoms with Crippen molar-refractivity contribution in [1.82, 2.24) is 0 Å². The molecule has 0 aliphatic heterocycles. The maximum atomic E-state index is 1.62. The van der Waals surface area contributed by atoms with Crippen LogP contribution >= 0.6 is 0 Å². The Labute approximate surface area is 113 Å². The predicted molar refractivity (Wildman–Crippen MR) is 76.3 cm³/mol. The first-order valence-corrected chi connectivity index (χ1v) is 8.93. The van der Waals surface area contributed by atoms with E-state index >= 15 is 0 Å². The van der Waals surface area contributed by atoms with Gasteiger partial charge in [0.25, 0.3) is 0 Å². The Balaban J connectivity index is 1.54. The molecule has 4 fully saturated rings. The zero-order valence-electron chi connectivity index (χ0n) is 11.9. The van der Waals surface area contributed by atoms with Crippen LogP contribution in [0.1, 0.15) is 77.0 Å². The fourth-order valence-corrected chi connectivity index (χ4v) is 6.62. The smallest absolute Gasteiger partial charge is 0.0352 e. The van der Waals surface area contributed by atoms with Gasteiger partial charge in [0.05, 0.1) is 0 Å². The molecule has 18 heavy (non-hydrogen) atoms. The molecule has 0 bridgehead atoms. The van der Waals surface area contributed by atoms with Crippen molar-refractivity contribution < 1.29 is 0 Å². The van der Waals surface area contributed by atoms with E-state index in [4.69, 9.17) is 0 Å². The quantitative estimate of drug-likeness (QED) is 0.535. The molecule has 6 atom stereocenters. The van der Waals surface area contributed by atoms with Gasteiger partial charge in [0, 0.05) is 0 Å². The summed E-state index contributed by atoms with van der Waals surface area (Å²) in [6.07, 6.45) is 19.0. The summed E-state index contributed by atoms with van der Waals surface area (Å²) in [5.41, 5.74) is 0. The van der Waals surface area contributed by atoms with Crippen LogP contribution in [0.15, 0.2) is 0 Å². The molecule has 4 aliphatic carbocycles. The largest absolute Gasteiger partial charge is 0.0530 e. The lowest BCUT2D eigenvalue weighted by Gasteiger charge is -2.54. The van der Waals surface area contributed by atoms with E-state index in [1.165, 1.54) is 23.7 Å². The summed E-state index contributed by atoms with van der Waals surface area (Å²) in [6.45, 7) is 0. The van der Waals surface area contributed by atoms with Gasteiger partial charge >= 0.3 is 0 Å². The minimum Gasteiger partial charge on any atom is -0.0530 e. The van der Waals surface area contributed by atoms with Crippen molar-refractivity contribution in [3.05, 3.63) is 0 Å². The van der Waals surface area contributed by atoms with E-state index in [2.05, 4.69) is 0 Å². The van der Waals surface area contributed by atoms with Crippen molar-refractivity contribution in [2.45, 2.75) is 77.0 Å². The van der Waals surface area contributed by atoms with Gasteiger partial charge in [-0.25, -0.2) is 0 Å². The van der Waals surface area contributed by atoms with Gasteiger partial charge in [-0.2, -0.15) is 0 Å². The average Bonchev–Trinajstić information content (AvgIpc) is 2.46. The standard InChI is InChI=1S/C18H30/c1-3-7-15-13(5-1)9-11-18-16-8-4-2-6-14(16)10-12-17(15)18/h13-18H,1-12H2/t13?,14?,15-,16?,17?,18?/m1/s1. The molecule has 5 unspecified atom stereocenters. The lowest BCUT2D eigenvalue weighted by atomic mass is 9.51. The van der Waals surface area contributed by atoms with Gasteiger partial charge in [0.2, 0.25) is 0 Å². The second-order valence-electron chi connectivity index (χ2n) is 7.90. The Kier molecular flexibility index (Phi) is 3.17. The summed E-state index contributed by atoms with van der Waals surface area (Å²) in [5.74, 6) is 6.98. The lowest BCUT2D eigenvalue weighted by molar-refractivity contribution is -0.0408. The second-order valence-corrected chi connectivity index (χ2v) is 7.90. The van der Waals surface area contributed by atoms with E-state index in [9.17, 15) is 0 Å². The zero-order valence-corrected chi connectivity index (χ0v) is 11.9. The van der Waals surface area contributed by atoms with Crippen LogP contribution in [0.3, 0.4) is 0 Å². The molecule has 0 spiro atoms. The van der Waals surface area contributed by atoms with Crippen LogP contribution in [-0.2, 0) is 0 Å². The first-order chi connectivity index (χ1) is 8.93. The second kappa shape index (κ2) is 4.84. The van der Waals surface area contributed by atoms with Gasteiger partial charge in [0.15, 0.2) is 0 Å². The third kappa shape index (κ3) is 1.86. The third-order valence-electron chi connectivity index (χ3n) is 7.33. The SMILES string of the molecule is C1CCC2C(C1)CCC1C2CCC2CCCC[C@H]21. The molecule has 4 rings (SSSR count). The van der Waals surface area contributed by atoms with E-state index in [0.29, 0.717) is 0 Å². The van der Waals surface area contributed by atoms with Crippen molar-refractivity contribution in [2.24, 2.45) is 35.5 Å². The number of fused-ring (bicyclic) bond motifs is 5. The molecular weight excluding hydrogens is 216 g/mol. The molecule has 0 aromatic heterocycles. The van der Waals surface area contributed by atoms with Gasteiger partial charge in [-0.1, -0.05) is 38.5 Å². The van der Waals surface area contributed by atoms with E-state index in [0.717, 1.165) is 11.8 Å². The molecular formula is C18H30. The minimum atomic E-state index is 1.15. The Bertz CT molecular complexity index is 264. The normalized spacial score (nSPS) is 52.0. The minimum absolute atomic E-state index is 1.15. The zero-order chi connectivity index (χ0) is 11.9. The molecule has 0 amide bonds. The highest BCUT2D eigenvalue weighted by molar-refractivity contribution is 4.97. The highest BCUT2D eigenvalue weighted by Crippen LogP contribution is 2.56. The maximum Gasteiger partial charge on any atom is -0.0352 e. The Morgan fingerprint density at radius 1 is 0.333 bits per heavy atom. The van der Waals surface area contributed by atoms with Crippen molar-refractivity contribution in [1.29, 1.82) is 0 Å². The van der Waals surface area contributed by atoms with Crippen LogP contribution in [0.4, 0.5) is 0 Å². The van der Waals surface area contributed by atoms with Crippen LogP contribution in [-0.4, -0.2) is 0 Å². The van der Waals surface area contributed by atoms with Crippen molar-refractivity contribution in [2.75, 3.05) is 0 Å². The van der Waals surface area contributed by atoms with Crippen molar-refractivity contribution in [3.63, 3.8) is 0 Å². The number of rotatable bonds is 0. The topological polar surface area (TPSA) is 0 Å². The summed E-state index contributed by atoms with van der Waals surface area (Å²) in [5, 5.41) is 0. The van der Waals surface area contributed by atoms with E-state index in [1.54, 1.807) is 77.0 Å². The van der Waals surface area contributed by atoms with Crippen molar-refractivity contribution in [3.8, 4) is 0 Å². The summed E-state index contributed by atoms with van der Waals surface area (Å²) in [7, 11) is 0. The Hall–Kier alpha value is 0. The van der Waals surface area contributed by atoms with Crippen LogP contribution in [0.25, 0.3) is 0 Å². The number of hydrogen-bond donors (Lipinski definition) is 0. The van der Waals surface area contributed by atoms with E-state index in [1.807, 2.05) is 0 Å². The Morgan fingerprint density at radius 2 is 0.778 bits per heavy atom. The van der Waals surface area contributed by atoms with Crippen LogP contribution in [0, 0.1) is 35.5 Å². The first-order valence-electron chi connectivity index (χ1n) is 8.93. The highest BCUT2D eigenvalue weighted by atomic mass is 14.5. The van der Waals surface area contributed by atoms with Gasteiger partial charge in [0.1, 0.15) is 0 Å². The van der Waals surface area contributed by atoms with Gasteiger partial charge in [-0.3, -0.25) is 0 Å². The first kappa shape index (κ1) is 11.8. The fraction of sp³-hybridized carbons (Fsp3) is 1.00. The summed E-state index contributed by atoms with van der Waals surface area (Å²) < 4.78 is 0. The van der Waals surface area contributed by atoms with E-state index < -0.39 is 0 Å². The van der Waals surface area contributed by atoms with Gasteiger partial charge < -0.3 is 0 Å². The average molecular weight is 246 g/mol. The summed E-state index contributed by atoms with van der Waals surface area (Å²) in [4.78, 5) is 0. The van der Waals surface area contributed by atoms with Crippen molar-refractivity contribution >= 4 is 0 Å². The van der Waals surface area contributed by atoms with Gasteiger partial charge in [-0.05, 0) is 74.0 Å². The molecule has 0 radical (unpaired) electrons. The van der Waals surface area contributed by atoms with E-state index in [-0.39, 0.29) is 0 Å². The molecule has 0 heterocycles. The predicted octanol–water partition coefficient (Wildman–Crippen LogP) is 5.42. The lowest BCUT2D eigenvalue weighted by Crippen LogP contribution is -2.45. The summed E-state index contributed by atoms with van der Waals surface area (Å²) >= 11 is 0. The number of hydrogen-bond acceptors (Lipinski definition) is 0. The molecule has 0 nitrogen and oxygen atoms in total. The molecule has 0 heteroatoms. The van der Waals surface area contributed by atoms with Crippen LogP contribution in [0.2, 0.25) is 0 Å². The molecule has 102 valence electrons. The maximum absolute atomic E-state index is 1.62.